The Morgan fingerprint density at radius 1 is 0.654 bits per heavy atom. The summed E-state index contributed by atoms with van der Waals surface area (Å²) in [5, 5.41) is 0. The lowest BCUT2D eigenvalue weighted by Crippen LogP contribution is -2.02. The van der Waals surface area contributed by atoms with Gasteiger partial charge in [0.05, 0.1) is 13.2 Å². The SMILES string of the molecule is CCOc1ccc(C(=O)CCCCC(=O)c2ccc(OCC)cc2)cc1. The van der Waals surface area contributed by atoms with E-state index in [9.17, 15) is 9.59 Å². The molecule has 0 saturated carbocycles. The number of rotatable bonds is 11. The number of carbonyl (C=O) groups is 2. The van der Waals surface area contributed by atoms with Crippen LogP contribution in [0.4, 0.5) is 0 Å². The fourth-order valence-corrected chi connectivity index (χ4v) is 2.67. The van der Waals surface area contributed by atoms with Gasteiger partial charge in [-0.3, -0.25) is 9.59 Å². The maximum Gasteiger partial charge on any atom is 0.162 e. The van der Waals surface area contributed by atoms with E-state index in [1.807, 2.05) is 38.1 Å². The van der Waals surface area contributed by atoms with Gasteiger partial charge in [-0.1, -0.05) is 0 Å². The maximum atomic E-state index is 12.2. The molecule has 0 unspecified atom stereocenters. The Balaban J connectivity index is 1.73. The van der Waals surface area contributed by atoms with Crippen LogP contribution >= 0.6 is 0 Å². The van der Waals surface area contributed by atoms with Crippen LogP contribution in [0.2, 0.25) is 0 Å². The number of carbonyl (C=O) groups excluding carboxylic acids is 2. The van der Waals surface area contributed by atoms with Crippen molar-refractivity contribution in [2.24, 2.45) is 0 Å². The Labute approximate surface area is 155 Å². The molecule has 0 heterocycles. The fourth-order valence-electron chi connectivity index (χ4n) is 2.67. The molecule has 0 atom stereocenters. The van der Waals surface area contributed by atoms with Crippen molar-refractivity contribution in [3.8, 4) is 11.5 Å². The van der Waals surface area contributed by atoms with Crippen LogP contribution in [0, 0.1) is 0 Å². The molecule has 4 heteroatoms. The first kappa shape index (κ1) is 19.7. The van der Waals surface area contributed by atoms with Crippen molar-refractivity contribution in [2.75, 3.05) is 13.2 Å². The summed E-state index contributed by atoms with van der Waals surface area (Å²) < 4.78 is 10.7. The fraction of sp³-hybridized carbons (Fsp3) is 0.364. The minimum atomic E-state index is 0.0987. The van der Waals surface area contributed by atoms with Crippen molar-refractivity contribution < 1.29 is 19.1 Å². The molecule has 0 radical (unpaired) electrons. The van der Waals surface area contributed by atoms with Gasteiger partial charge in [0.2, 0.25) is 0 Å². The first-order valence-electron chi connectivity index (χ1n) is 9.16. The third kappa shape index (κ3) is 6.03. The van der Waals surface area contributed by atoms with Crippen molar-refractivity contribution in [2.45, 2.75) is 39.5 Å². The molecule has 26 heavy (non-hydrogen) atoms. The molecule has 2 rings (SSSR count). The van der Waals surface area contributed by atoms with E-state index < -0.39 is 0 Å². The molecule has 0 aliphatic carbocycles. The summed E-state index contributed by atoms with van der Waals surface area (Å²) in [7, 11) is 0. The molecular formula is C22H26O4. The predicted molar refractivity (Wildman–Crippen MR) is 102 cm³/mol. The molecule has 2 aromatic carbocycles. The van der Waals surface area contributed by atoms with Gasteiger partial charge >= 0.3 is 0 Å². The molecule has 0 fully saturated rings. The quantitative estimate of drug-likeness (QED) is 0.416. The topological polar surface area (TPSA) is 52.6 Å². The first-order chi connectivity index (χ1) is 12.6. The van der Waals surface area contributed by atoms with Gasteiger partial charge in [-0.15, -0.1) is 0 Å². The predicted octanol–water partition coefficient (Wildman–Crippen LogP) is 5.11. The number of ether oxygens (including phenoxy) is 2. The van der Waals surface area contributed by atoms with E-state index in [0.29, 0.717) is 50.0 Å². The Kier molecular flexibility index (Phi) is 7.87. The summed E-state index contributed by atoms with van der Waals surface area (Å²) in [4.78, 5) is 24.4. The number of Topliss-reactive ketones (excluding diaryl/α,β-unsaturated/α-hetero) is 2. The van der Waals surface area contributed by atoms with Crippen molar-refractivity contribution in [3.63, 3.8) is 0 Å². The third-order valence-corrected chi connectivity index (χ3v) is 4.03. The summed E-state index contributed by atoms with van der Waals surface area (Å²) >= 11 is 0. The normalized spacial score (nSPS) is 10.4. The van der Waals surface area contributed by atoms with Crippen molar-refractivity contribution >= 4 is 11.6 Å². The second-order valence-electron chi connectivity index (χ2n) is 5.97. The summed E-state index contributed by atoms with van der Waals surface area (Å²) in [6.07, 6.45) is 2.30. The molecule has 0 N–H and O–H groups in total. The van der Waals surface area contributed by atoms with Gasteiger partial charge in [0.25, 0.3) is 0 Å². The smallest absolute Gasteiger partial charge is 0.162 e. The largest absolute Gasteiger partial charge is 0.494 e. The molecule has 0 spiro atoms. The second-order valence-corrected chi connectivity index (χ2v) is 5.97. The van der Waals surface area contributed by atoms with Crippen LogP contribution in [-0.4, -0.2) is 24.8 Å². The number of hydrogen-bond donors (Lipinski definition) is 0. The molecule has 0 aliphatic rings. The van der Waals surface area contributed by atoms with Crippen LogP contribution in [0.15, 0.2) is 48.5 Å². The van der Waals surface area contributed by atoms with Crippen molar-refractivity contribution in [1.29, 1.82) is 0 Å². The van der Waals surface area contributed by atoms with Gasteiger partial charge in [-0.25, -0.2) is 0 Å². The highest BCUT2D eigenvalue weighted by atomic mass is 16.5. The van der Waals surface area contributed by atoms with Gasteiger partial charge in [0.1, 0.15) is 11.5 Å². The van der Waals surface area contributed by atoms with Crippen LogP contribution in [0.1, 0.15) is 60.2 Å². The number of ketones is 2. The minimum absolute atomic E-state index is 0.0987. The first-order valence-corrected chi connectivity index (χ1v) is 9.16. The van der Waals surface area contributed by atoms with E-state index in [0.717, 1.165) is 11.5 Å². The van der Waals surface area contributed by atoms with Crippen LogP contribution in [0.3, 0.4) is 0 Å². The maximum absolute atomic E-state index is 12.2. The van der Waals surface area contributed by atoms with E-state index in [1.165, 1.54) is 0 Å². The summed E-state index contributed by atoms with van der Waals surface area (Å²) in [6.45, 7) is 5.06. The average Bonchev–Trinajstić information content (AvgIpc) is 2.66. The minimum Gasteiger partial charge on any atom is -0.494 e. The Morgan fingerprint density at radius 2 is 1.00 bits per heavy atom. The summed E-state index contributed by atoms with van der Waals surface area (Å²) in [5.41, 5.74) is 1.37. The third-order valence-electron chi connectivity index (χ3n) is 4.03. The molecule has 4 nitrogen and oxygen atoms in total. The lowest BCUT2D eigenvalue weighted by atomic mass is 10.0. The summed E-state index contributed by atoms with van der Waals surface area (Å²) in [5.74, 6) is 1.73. The summed E-state index contributed by atoms with van der Waals surface area (Å²) in [6, 6.07) is 14.4. The zero-order chi connectivity index (χ0) is 18.8. The lowest BCUT2D eigenvalue weighted by molar-refractivity contribution is 0.0954. The number of hydrogen-bond acceptors (Lipinski definition) is 4. The van der Waals surface area contributed by atoms with E-state index in [1.54, 1.807) is 24.3 Å². The Morgan fingerprint density at radius 3 is 1.31 bits per heavy atom. The highest BCUT2D eigenvalue weighted by Gasteiger charge is 2.09. The van der Waals surface area contributed by atoms with Gasteiger partial charge in [-0.05, 0) is 75.2 Å². The van der Waals surface area contributed by atoms with Crippen LogP contribution in [0.25, 0.3) is 0 Å². The highest BCUT2D eigenvalue weighted by molar-refractivity contribution is 5.97. The van der Waals surface area contributed by atoms with E-state index in [2.05, 4.69) is 0 Å². The molecule has 0 amide bonds. The van der Waals surface area contributed by atoms with Crippen LogP contribution in [0.5, 0.6) is 11.5 Å². The molecule has 0 aromatic heterocycles. The lowest BCUT2D eigenvalue weighted by Gasteiger charge is -2.06. The average molecular weight is 354 g/mol. The van der Waals surface area contributed by atoms with E-state index >= 15 is 0 Å². The standard InChI is InChI=1S/C22H26O4/c1-3-25-19-13-9-17(10-14-19)21(23)7-5-6-8-22(24)18-11-15-20(16-12-18)26-4-2/h9-16H,3-8H2,1-2H3. The molecule has 138 valence electrons. The monoisotopic (exact) mass is 354 g/mol. The van der Waals surface area contributed by atoms with Crippen LogP contribution in [-0.2, 0) is 0 Å². The number of unbranched alkanes of at least 4 members (excludes halogenated alkanes) is 1. The van der Waals surface area contributed by atoms with Gasteiger partial charge in [-0.2, -0.15) is 0 Å². The molecule has 0 aliphatic heterocycles. The molecular weight excluding hydrogens is 328 g/mol. The molecule has 0 bridgehead atoms. The Bertz CT molecular complexity index is 638. The van der Waals surface area contributed by atoms with Gasteiger partial charge in [0, 0.05) is 24.0 Å². The molecule has 2 aromatic rings. The number of benzene rings is 2. The zero-order valence-corrected chi connectivity index (χ0v) is 15.5. The second kappa shape index (κ2) is 10.4. The Hall–Kier alpha value is -2.62. The zero-order valence-electron chi connectivity index (χ0n) is 15.5. The van der Waals surface area contributed by atoms with E-state index in [4.69, 9.17) is 9.47 Å². The van der Waals surface area contributed by atoms with Crippen molar-refractivity contribution in [1.82, 2.24) is 0 Å². The van der Waals surface area contributed by atoms with E-state index in [-0.39, 0.29) is 11.6 Å². The van der Waals surface area contributed by atoms with Crippen molar-refractivity contribution in [3.05, 3.63) is 59.7 Å². The highest BCUT2D eigenvalue weighted by Crippen LogP contribution is 2.17. The van der Waals surface area contributed by atoms with Gasteiger partial charge in [0.15, 0.2) is 11.6 Å². The molecule has 0 saturated heterocycles. The van der Waals surface area contributed by atoms with Crippen LogP contribution < -0.4 is 9.47 Å². The van der Waals surface area contributed by atoms with Gasteiger partial charge < -0.3 is 9.47 Å².